The van der Waals surface area contributed by atoms with Crippen LogP contribution in [-0.4, -0.2) is 24.3 Å². The molecule has 2 aromatic rings. The van der Waals surface area contributed by atoms with Gasteiger partial charge in [0.05, 0.1) is 18.8 Å². The molecule has 0 radical (unpaired) electrons. The second kappa shape index (κ2) is 7.19. The maximum absolute atomic E-state index is 10.7. The Morgan fingerprint density at radius 1 is 0.850 bits per heavy atom. The molecule has 20 heavy (non-hydrogen) atoms. The van der Waals surface area contributed by atoms with Gasteiger partial charge in [-0.3, -0.25) is 0 Å². The Morgan fingerprint density at radius 3 is 1.95 bits per heavy atom. The fraction of sp³-hybridized carbons (Fsp3) is 0.188. The number of ether oxygens (including phenoxy) is 2. The third-order valence-corrected chi connectivity index (χ3v) is 2.67. The highest BCUT2D eigenvalue weighted by molar-refractivity contribution is 5.87. The van der Waals surface area contributed by atoms with Crippen molar-refractivity contribution in [3.05, 3.63) is 60.2 Å². The molecule has 0 amide bonds. The molecule has 0 atom stereocenters. The predicted molar refractivity (Wildman–Crippen MR) is 75.5 cm³/mol. The lowest BCUT2D eigenvalue weighted by molar-refractivity contribution is 0.0697. The maximum atomic E-state index is 10.7. The van der Waals surface area contributed by atoms with Crippen molar-refractivity contribution in [2.45, 2.75) is 6.42 Å². The molecular formula is C16H16O4. The van der Waals surface area contributed by atoms with Crippen molar-refractivity contribution < 1.29 is 19.4 Å². The van der Waals surface area contributed by atoms with E-state index in [1.165, 1.54) is 12.1 Å². The minimum Gasteiger partial charge on any atom is -0.493 e. The Hall–Kier alpha value is -2.49. The van der Waals surface area contributed by atoms with Crippen LogP contribution in [0.15, 0.2) is 54.6 Å². The van der Waals surface area contributed by atoms with Gasteiger partial charge in [-0.1, -0.05) is 18.2 Å². The zero-order valence-corrected chi connectivity index (χ0v) is 11.0. The topological polar surface area (TPSA) is 55.8 Å². The van der Waals surface area contributed by atoms with Crippen molar-refractivity contribution in [1.82, 2.24) is 0 Å². The SMILES string of the molecule is O=C(O)c1ccc(OCCCOc2ccccc2)cc1. The molecule has 104 valence electrons. The van der Waals surface area contributed by atoms with Gasteiger partial charge in [-0.15, -0.1) is 0 Å². The molecule has 0 aliphatic rings. The Bertz CT molecular complexity index is 534. The summed E-state index contributed by atoms with van der Waals surface area (Å²) in [6, 6.07) is 16.0. The first-order valence-corrected chi connectivity index (χ1v) is 6.40. The summed E-state index contributed by atoms with van der Waals surface area (Å²) in [4.78, 5) is 10.7. The lowest BCUT2D eigenvalue weighted by Gasteiger charge is -2.08. The van der Waals surface area contributed by atoms with Gasteiger partial charge in [0.2, 0.25) is 0 Å². The van der Waals surface area contributed by atoms with Gasteiger partial charge in [-0.05, 0) is 36.4 Å². The molecule has 1 N–H and O–H groups in total. The number of rotatable bonds is 7. The van der Waals surface area contributed by atoms with E-state index in [-0.39, 0.29) is 5.56 Å². The molecule has 0 fully saturated rings. The lowest BCUT2D eigenvalue weighted by atomic mass is 10.2. The summed E-state index contributed by atoms with van der Waals surface area (Å²) in [5, 5.41) is 8.77. The normalized spacial score (nSPS) is 10.0. The van der Waals surface area contributed by atoms with E-state index in [1.807, 2.05) is 30.3 Å². The van der Waals surface area contributed by atoms with E-state index in [4.69, 9.17) is 14.6 Å². The molecule has 0 spiro atoms. The van der Waals surface area contributed by atoms with Crippen LogP contribution in [0.2, 0.25) is 0 Å². The van der Waals surface area contributed by atoms with Crippen LogP contribution in [0.25, 0.3) is 0 Å². The summed E-state index contributed by atoms with van der Waals surface area (Å²) in [5.74, 6) is 0.570. The average Bonchev–Trinajstić information content (AvgIpc) is 2.48. The molecule has 0 aromatic heterocycles. The number of carboxylic acid groups (broad SMARTS) is 1. The van der Waals surface area contributed by atoms with Gasteiger partial charge in [0.1, 0.15) is 11.5 Å². The molecule has 0 bridgehead atoms. The number of benzene rings is 2. The Balaban J connectivity index is 1.67. The van der Waals surface area contributed by atoms with Crippen molar-refractivity contribution in [2.24, 2.45) is 0 Å². The van der Waals surface area contributed by atoms with E-state index in [9.17, 15) is 4.79 Å². The molecular weight excluding hydrogens is 256 g/mol. The van der Waals surface area contributed by atoms with Crippen LogP contribution >= 0.6 is 0 Å². The minimum atomic E-state index is -0.937. The fourth-order valence-electron chi connectivity index (χ4n) is 1.65. The van der Waals surface area contributed by atoms with Gasteiger partial charge in [0, 0.05) is 6.42 Å². The van der Waals surface area contributed by atoms with Crippen LogP contribution in [0.5, 0.6) is 11.5 Å². The summed E-state index contributed by atoms with van der Waals surface area (Å²) in [7, 11) is 0. The highest BCUT2D eigenvalue weighted by Crippen LogP contribution is 2.13. The van der Waals surface area contributed by atoms with Crippen molar-refractivity contribution in [2.75, 3.05) is 13.2 Å². The van der Waals surface area contributed by atoms with Crippen LogP contribution in [-0.2, 0) is 0 Å². The molecule has 0 aliphatic heterocycles. The van der Waals surface area contributed by atoms with Gasteiger partial charge < -0.3 is 14.6 Å². The Morgan fingerprint density at radius 2 is 1.40 bits per heavy atom. The number of carbonyl (C=O) groups is 1. The maximum Gasteiger partial charge on any atom is 0.335 e. The van der Waals surface area contributed by atoms with Gasteiger partial charge in [-0.2, -0.15) is 0 Å². The van der Waals surface area contributed by atoms with Crippen LogP contribution < -0.4 is 9.47 Å². The number of carboxylic acids is 1. The Kier molecular flexibility index (Phi) is 5.00. The monoisotopic (exact) mass is 272 g/mol. The molecule has 0 aliphatic carbocycles. The summed E-state index contributed by atoms with van der Waals surface area (Å²) in [6.45, 7) is 1.11. The second-order valence-electron chi connectivity index (χ2n) is 4.19. The fourth-order valence-corrected chi connectivity index (χ4v) is 1.65. The van der Waals surface area contributed by atoms with E-state index in [0.717, 1.165) is 12.2 Å². The number of hydrogen-bond acceptors (Lipinski definition) is 3. The van der Waals surface area contributed by atoms with Crippen molar-refractivity contribution in [3.8, 4) is 11.5 Å². The quantitative estimate of drug-likeness (QED) is 0.786. The summed E-state index contributed by atoms with van der Waals surface area (Å²) in [5.41, 5.74) is 0.254. The summed E-state index contributed by atoms with van der Waals surface area (Å²) < 4.78 is 11.0. The predicted octanol–water partition coefficient (Wildman–Crippen LogP) is 3.23. The number of para-hydroxylation sites is 1. The van der Waals surface area contributed by atoms with Crippen LogP contribution in [0.3, 0.4) is 0 Å². The molecule has 2 aromatic carbocycles. The van der Waals surface area contributed by atoms with E-state index < -0.39 is 5.97 Å². The summed E-state index contributed by atoms with van der Waals surface area (Å²) in [6.07, 6.45) is 0.760. The molecule has 0 unspecified atom stereocenters. The first-order valence-electron chi connectivity index (χ1n) is 6.40. The first kappa shape index (κ1) is 13.9. The van der Waals surface area contributed by atoms with E-state index >= 15 is 0 Å². The van der Waals surface area contributed by atoms with E-state index in [1.54, 1.807) is 12.1 Å². The summed E-state index contributed by atoms with van der Waals surface area (Å²) >= 11 is 0. The van der Waals surface area contributed by atoms with Crippen LogP contribution in [0.4, 0.5) is 0 Å². The van der Waals surface area contributed by atoms with Gasteiger partial charge in [0.15, 0.2) is 0 Å². The first-order chi connectivity index (χ1) is 9.75. The Labute approximate surface area is 117 Å². The third kappa shape index (κ3) is 4.31. The smallest absolute Gasteiger partial charge is 0.335 e. The zero-order chi connectivity index (χ0) is 14.2. The van der Waals surface area contributed by atoms with Crippen molar-refractivity contribution in [3.63, 3.8) is 0 Å². The molecule has 2 rings (SSSR count). The second-order valence-corrected chi connectivity index (χ2v) is 4.19. The molecule has 0 saturated carbocycles. The van der Waals surface area contributed by atoms with E-state index in [2.05, 4.69) is 0 Å². The van der Waals surface area contributed by atoms with E-state index in [0.29, 0.717) is 19.0 Å². The molecule has 4 heteroatoms. The number of hydrogen-bond donors (Lipinski definition) is 1. The number of aromatic carboxylic acids is 1. The average molecular weight is 272 g/mol. The largest absolute Gasteiger partial charge is 0.493 e. The molecule has 0 heterocycles. The standard InChI is InChI=1S/C16H16O4/c17-16(18)13-7-9-15(10-8-13)20-12-4-11-19-14-5-2-1-3-6-14/h1-3,5-10H,4,11-12H2,(H,17,18). The van der Waals surface area contributed by atoms with Crippen LogP contribution in [0, 0.1) is 0 Å². The highest BCUT2D eigenvalue weighted by Gasteiger charge is 2.01. The van der Waals surface area contributed by atoms with Gasteiger partial charge in [-0.25, -0.2) is 4.79 Å². The van der Waals surface area contributed by atoms with Crippen molar-refractivity contribution >= 4 is 5.97 Å². The third-order valence-electron chi connectivity index (χ3n) is 2.67. The molecule has 0 saturated heterocycles. The lowest BCUT2D eigenvalue weighted by Crippen LogP contribution is -2.05. The van der Waals surface area contributed by atoms with Crippen molar-refractivity contribution in [1.29, 1.82) is 0 Å². The minimum absolute atomic E-state index is 0.254. The van der Waals surface area contributed by atoms with Gasteiger partial charge >= 0.3 is 5.97 Å². The highest BCUT2D eigenvalue weighted by atomic mass is 16.5. The van der Waals surface area contributed by atoms with Crippen LogP contribution in [0.1, 0.15) is 16.8 Å². The zero-order valence-electron chi connectivity index (χ0n) is 11.0. The molecule has 4 nitrogen and oxygen atoms in total. The van der Waals surface area contributed by atoms with Gasteiger partial charge in [0.25, 0.3) is 0 Å².